The van der Waals surface area contributed by atoms with Crippen LogP contribution in [0.5, 0.6) is 0 Å². The highest BCUT2D eigenvalue weighted by atomic mass is 32.1. The van der Waals surface area contributed by atoms with Crippen LogP contribution in [0.2, 0.25) is 0 Å². The van der Waals surface area contributed by atoms with Crippen molar-refractivity contribution in [1.29, 1.82) is 0 Å². The number of aromatic amines is 1. The van der Waals surface area contributed by atoms with Gasteiger partial charge in [0, 0.05) is 37.2 Å². The maximum atomic E-state index is 4.35. The minimum absolute atomic E-state index is 0.753. The van der Waals surface area contributed by atoms with E-state index >= 15 is 0 Å². The first-order valence-corrected chi connectivity index (χ1v) is 8.50. The Kier molecular flexibility index (Phi) is 4.18. The van der Waals surface area contributed by atoms with Crippen molar-refractivity contribution in [2.75, 3.05) is 0 Å². The van der Waals surface area contributed by atoms with Crippen LogP contribution < -0.4 is 5.32 Å². The second kappa shape index (κ2) is 6.77. The second-order valence-electron chi connectivity index (χ2n) is 5.32. The molecule has 0 atom stereocenters. The lowest BCUT2D eigenvalue weighted by Gasteiger charge is -2.07. The van der Waals surface area contributed by atoms with Gasteiger partial charge in [0.15, 0.2) is 5.82 Å². The standard InChI is InChI=1S/C17H16N6S/c1-3-15(24-8-1)17-14(12-20-22-17)11-18-10-13-4-6-19-16(9-13)23-7-2-5-21-23/h1-9,12,18H,10-11H2,(H,20,22). The monoisotopic (exact) mass is 336 g/mol. The summed E-state index contributed by atoms with van der Waals surface area (Å²) < 4.78 is 1.76. The third-order valence-corrected chi connectivity index (χ3v) is 4.57. The zero-order valence-corrected chi connectivity index (χ0v) is 13.7. The van der Waals surface area contributed by atoms with E-state index in [2.05, 4.69) is 37.0 Å². The molecule has 0 saturated heterocycles. The fourth-order valence-corrected chi connectivity index (χ4v) is 3.28. The van der Waals surface area contributed by atoms with E-state index in [0.29, 0.717) is 0 Å². The quantitative estimate of drug-likeness (QED) is 0.568. The highest BCUT2D eigenvalue weighted by Gasteiger charge is 2.08. The molecule has 7 heteroatoms. The van der Waals surface area contributed by atoms with E-state index in [0.717, 1.165) is 30.2 Å². The van der Waals surface area contributed by atoms with Gasteiger partial charge < -0.3 is 5.32 Å². The van der Waals surface area contributed by atoms with Crippen LogP contribution in [0.4, 0.5) is 0 Å². The Labute approximate surface area is 143 Å². The molecule has 0 aliphatic rings. The Bertz CT molecular complexity index is 895. The summed E-state index contributed by atoms with van der Waals surface area (Å²) >= 11 is 1.71. The van der Waals surface area contributed by atoms with Crippen LogP contribution in [-0.2, 0) is 13.1 Å². The summed E-state index contributed by atoms with van der Waals surface area (Å²) in [4.78, 5) is 5.55. The van der Waals surface area contributed by atoms with E-state index in [1.54, 1.807) is 22.2 Å². The van der Waals surface area contributed by atoms with Crippen LogP contribution in [0, 0.1) is 0 Å². The third kappa shape index (κ3) is 3.12. The number of nitrogens with zero attached hydrogens (tertiary/aromatic N) is 4. The topological polar surface area (TPSA) is 71.4 Å². The fourth-order valence-electron chi connectivity index (χ4n) is 2.52. The van der Waals surface area contributed by atoms with Crippen molar-refractivity contribution in [3.63, 3.8) is 0 Å². The van der Waals surface area contributed by atoms with Gasteiger partial charge in [0.2, 0.25) is 0 Å². The first-order chi connectivity index (χ1) is 11.9. The van der Waals surface area contributed by atoms with Crippen LogP contribution in [-0.4, -0.2) is 25.0 Å². The molecule has 4 aromatic rings. The van der Waals surface area contributed by atoms with Gasteiger partial charge >= 0.3 is 0 Å². The van der Waals surface area contributed by atoms with Crippen molar-refractivity contribution in [2.24, 2.45) is 0 Å². The second-order valence-corrected chi connectivity index (χ2v) is 6.27. The van der Waals surface area contributed by atoms with Gasteiger partial charge in [0.1, 0.15) is 0 Å². The Hall–Kier alpha value is -2.77. The summed E-state index contributed by atoms with van der Waals surface area (Å²) in [7, 11) is 0. The molecular formula is C17H16N6S. The van der Waals surface area contributed by atoms with Gasteiger partial charge in [-0.15, -0.1) is 11.3 Å². The summed E-state index contributed by atoms with van der Waals surface area (Å²) in [5, 5.41) is 17.0. The number of H-pyrrole nitrogens is 1. The lowest BCUT2D eigenvalue weighted by atomic mass is 10.2. The van der Waals surface area contributed by atoms with Gasteiger partial charge in [-0.2, -0.15) is 10.2 Å². The number of nitrogens with one attached hydrogen (secondary N) is 2. The Balaban J connectivity index is 1.42. The molecule has 2 N–H and O–H groups in total. The minimum Gasteiger partial charge on any atom is -0.308 e. The zero-order chi connectivity index (χ0) is 16.2. The molecule has 24 heavy (non-hydrogen) atoms. The Morgan fingerprint density at radius 1 is 1.17 bits per heavy atom. The number of thiophene rings is 1. The van der Waals surface area contributed by atoms with Crippen LogP contribution >= 0.6 is 11.3 Å². The summed E-state index contributed by atoms with van der Waals surface area (Å²) in [6, 6.07) is 10.1. The van der Waals surface area contributed by atoms with Crippen molar-refractivity contribution in [2.45, 2.75) is 13.1 Å². The van der Waals surface area contributed by atoms with Crippen molar-refractivity contribution < 1.29 is 0 Å². The van der Waals surface area contributed by atoms with Crippen LogP contribution in [0.1, 0.15) is 11.1 Å². The summed E-state index contributed by atoms with van der Waals surface area (Å²) in [6.07, 6.45) is 7.32. The maximum absolute atomic E-state index is 4.35. The lowest BCUT2D eigenvalue weighted by Crippen LogP contribution is -2.13. The molecule has 0 amide bonds. The number of hydrogen-bond donors (Lipinski definition) is 2. The lowest BCUT2D eigenvalue weighted by molar-refractivity contribution is 0.692. The van der Waals surface area contributed by atoms with E-state index in [9.17, 15) is 0 Å². The first kappa shape index (κ1) is 14.8. The van der Waals surface area contributed by atoms with Gasteiger partial charge in [0.25, 0.3) is 0 Å². The highest BCUT2D eigenvalue weighted by molar-refractivity contribution is 7.13. The molecule has 0 aromatic carbocycles. The smallest absolute Gasteiger partial charge is 0.153 e. The molecule has 0 unspecified atom stereocenters. The largest absolute Gasteiger partial charge is 0.308 e. The van der Waals surface area contributed by atoms with Crippen molar-refractivity contribution in [3.8, 4) is 16.4 Å². The molecule has 0 aliphatic carbocycles. The predicted octanol–water partition coefficient (Wildman–Crippen LogP) is 3.01. The molecule has 120 valence electrons. The molecule has 0 saturated carbocycles. The van der Waals surface area contributed by atoms with E-state index in [1.807, 2.05) is 42.9 Å². The highest BCUT2D eigenvalue weighted by Crippen LogP contribution is 2.25. The SMILES string of the molecule is c1csc(-c2[nH]ncc2CNCc2ccnc(-n3cccn3)c2)c1. The van der Waals surface area contributed by atoms with Gasteiger partial charge in [-0.1, -0.05) is 6.07 Å². The fraction of sp³-hybridized carbons (Fsp3) is 0.118. The normalized spacial score (nSPS) is 11.0. The Morgan fingerprint density at radius 2 is 2.17 bits per heavy atom. The molecule has 0 fully saturated rings. The summed E-state index contributed by atoms with van der Waals surface area (Å²) in [5.74, 6) is 0.821. The minimum atomic E-state index is 0.753. The number of rotatable bonds is 6. The number of aromatic nitrogens is 5. The number of pyridine rings is 1. The van der Waals surface area contributed by atoms with E-state index in [1.165, 1.54) is 10.4 Å². The average Bonchev–Trinajstić information content (AvgIpc) is 3.36. The molecule has 0 radical (unpaired) electrons. The van der Waals surface area contributed by atoms with E-state index in [-0.39, 0.29) is 0 Å². The first-order valence-electron chi connectivity index (χ1n) is 7.62. The van der Waals surface area contributed by atoms with Crippen LogP contribution in [0.3, 0.4) is 0 Å². The third-order valence-electron chi connectivity index (χ3n) is 3.68. The van der Waals surface area contributed by atoms with E-state index in [4.69, 9.17) is 0 Å². The van der Waals surface area contributed by atoms with Crippen molar-refractivity contribution in [1.82, 2.24) is 30.3 Å². The van der Waals surface area contributed by atoms with Crippen LogP contribution in [0.15, 0.2) is 60.5 Å². The molecular weight excluding hydrogens is 320 g/mol. The van der Waals surface area contributed by atoms with Crippen molar-refractivity contribution in [3.05, 3.63) is 71.6 Å². The molecule has 6 nitrogen and oxygen atoms in total. The van der Waals surface area contributed by atoms with Crippen LogP contribution in [0.25, 0.3) is 16.4 Å². The predicted molar refractivity (Wildman–Crippen MR) is 93.8 cm³/mol. The zero-order valence-electron chi connectivity index (χ0n) is 12.9. The summed E-state index contributed by atoms with van der Waals surface area (Å²) in [6.45, 7) is 1.51. The van der Waals surface area contributed by atoms with E-state index < -0.39 is 0 Å². The molecule has 4 aromatic heterocycles. The van der Waals surface area contributed by atoms with Gasteiger partial charge in [0.05, 0.1) is 16.8 Å². The molecule has 4 heterocycles. The van der Waals surface area contributed by atoms with Gasteiger partial charge in [-0.3, -0.25) is 5.10 Å². The maximum Gasteiger partial charge on any atom is 0.153 e. The Morgan fingerprint density at radius 3 is 3.00 bits per heavy atom. The van der Waals surface area contributed by atoms with Crippen molar-refractivity contribution >= 4 is 11.3 Å². The number of hydrogen-bond acceptors (Lipinski definition) is 5. The van der Waals surface area contributed by atoms with Gasteiger partial charge in [-0.05, 0) is 35.2 Å². The molecule has 0 aliphatic heterocycles. The summed E-state index contributed by atoms with van der Waals surface area (Å²) in [5.41, 5.74) is 3.42. The average molecular weight is 336 g/mol. The molecule has 0 spiro atoms. The molecule has 4 rings (SSSR count). The van der Waals surface area contributed by atoms with Gasteiger partial charge in [-0.25, -0.2) is 9.67 Å². The molecule has 0 bridgehead atoms.